The van der Waals surface area contributed by atoms with Crippen LogP contribution >= 0.6 is 11.3 Å². The monoisotopic (exact) mass is 693 g/mol. The van der Waals surface area contributed by atoms with Crippen LogP contribution in [0, 0.1) is 0 Å². The molecule has 12 aromatic rings. The lowest BCUT2D eigenvalue weighted by atomic mass is 9.98. The molecule has 0 N–H and O–H groups in total. The van der Waals surface area contributed by atoms with Crippen LogP contribution in [-0.2, 0) is 0 Å². The molecule has 53 heavy (non-hydrogen) atoms. The Hall–Kier alpha value is -6.82. The SMILES string of the molecule is c1ccc(-c2ccc(-c3nc4oc5ccccc5c4nc3-n3c4ccccc4c4c5ccccc5c5c6cc7ccccc7cc6sc5c43)cc2)cc1. The first kappa shape index (κ1) is 28.8. The van der Waals surface area contributed by atoms with Crippen LogP contribution in [0.3, 0.4) is 0 Å². The van der Waals surface area contributed by atoms with Crippen LogP contribution in [0.2, 0.25) is 0 Å². The molecule has 4 nitrogen and oxygen atoms in total. The topological polar surface area (TPSA) is 43.9 Å². The molecule has 0 fully saturated rings. The number of hydrogen-bond acceptors (Lipinski definition) is 4. The Balaban J connectivity index is 1.26. The zero-order valence-electron chi connectivity index (χ0n) is 28.2. The Morgan fingerprint density at radius 2 is 1.11 bits per heavy atom. The van der Waals surface area contributed by atoms with Crippen molar-refractivity contribution in [3.05, 3.63) is 164 Å². The van der Waals surface area contributed by atoms with Crippen molar-refractivity contribution in [1.29, 1.82) is 0 Å². The molecule has 4 heterocycles. The highest BCUT2D eigenvalue weighted by atomic mass is 32.1. The van der Waals surface area contributed by atoms with Crippen molar-refractivity contribution in [1.82, 2.24) is 14.5 Å². The van der Waals surface area contributed by atoms with Crippen LogP contribution in [-0.4, -0.2) is 14.5 Å². The van der Waals surface area contributed by atoms with Crippen LogP contribution in [0.4, 0.5) is 0 Å². The second kappa shape index (κ2) is 10.8. The summed E-state index contributed by atoms with van der Waals surface area (Å²) in [7, 11) is 0. The minimum atomic E-state index is 0.530. The number of furan rings is 1. The van der Waals surface area contributed by atoms with Crippen LogP contribution in [0.5, 0.6) is 0 Å². The third-order valence-electron chi connectivity index (χ3n) is 10.8. The molecule has 12 rings (SSSR count). The third kappa shape index (κ3) is 4.11. The number of para-hydroxylation sites is 2. The summed E-state index contributed by atoms with van der Waals surface area (Å²) in [5.41, 5.74) is 8.36. The lowest BCUT2D eigenvalue weighted by molar-refractivity contribution is 0.653. The normalized spacial score (nSPS) is 12.2. The van der Waals surface area contributed by atoms with Gasteiger partial charge in [-0.25, -0.2) is 9.97 Å². The largest absolute Gasteiger partial charge is 0.436 e. The molecule has 0 saturated carbocycles. The van der Waals surface area contributed by atoms with E-state index >= 15 is 0 Å². The average molecular weight is 694 g/mol. The van der Waals surface area contributed by atoms with Crippen LogP contribution in [0.1, 0.15) is 0 Å². The average Bonchev–Trinajstić information content (AvgIpc) is 3.89. The summed E-state index contributed by atoms with van der Waals surface area (Å²) in [6.45, 7) is 0. The van der Waals surface area contributed by atoms with Crippen molar-refractivity contribution < 1.29 is 4.42 Å². The first-order valence-electron chi connectivity index (χ1n) is 17.8. The molecular formula is C48H27N3OS. The predicted octanol–water partition coefficient (Wildman–Crippen LogP) is 13.5. The van der Waals surface area contributed by atoms with E-state index in [-0.39, 0.29) is 0 Å². The van der Waals surface area contributed by atoms with Crippen molar-refractivity contribution in [3.63, 3.8) is 0 Å². The van der Waals surface area contributed by atoms with Crippen molar-refractivity contribution in [3.8, 4) is 28.2 Å². The summed E-state index contributed by atoms with van der Waals surface area (Å²) >= 11 is 1.87. The van der Waals surface area contributed by atoms with Gasteiger partial charge in [0.2, 0.25) is 5.71 Å². The van der Waals surface area contributed by atoms with Gasteiger partial charge >= 0.3 is 0 Å². The van der Waals surface area contributed by atoms with Gasteiger partial charge in [0, 0.05) is 37.2 Å². The highest BCUT2D eigenvalue weighted by Crippen LogP contribution is 2.49. The van der Waals surface area contributed by atoms with E-state index in [0.717, 1.165) is 50.2 Å². The van der Waals surface area contributed by atoms with Crippen molar-refractivity contribution in [2.24, 2.45) is 0 Å². The molecule has 246 valence electrons. The maximum absolute atomic E-state index is 6.38. The number of benzene rings is 8. The molecule has 0 radical (unpaired) electrons. The van der Waals surface area contributed by atoms with Crippen molar-refractivity contribution >= 4 is 97.1 Å². The maximum atomic E-state index is 6.38. The lowest BCUT2D eigenvalue weighted by Crippen LogP contribution is -2.03. The summed E-state index contributed by atoms with van der Waals surface area (Å²) in [4.78, 5) is 10.9. The number of hydrogen-bond donors (Lipinski definition) is 0. The maximum Gasteiger partial charge on any atom is 0.247 e. The first-order chi connectivity index (χ1) is 26.3. The minimum Gasteiger partial charge on any atom is -0.436 e. The Morgan fingerprint density at radius 3 is 1.92 bits per heavy atom. The Labute approximate surface area is 306 Å². The highest BCUT2D eigenvalue weighted by Gasteiger charge is 2.26. The van der Waals surface area contributed by atoms with Gasteiger partial charge < -0.3 is 4.42 Å². The van der Waals surface area contributed by atoms with Gasteiger partial charge in [-0.2, -0.15) is 0 Å². The van der Waals surface area contributed by atoms with Crippen LogP contribution in [0.15, 0.2) is 168 Å². The van der Waals surface area contributed by atoms with Crippen molar-refractivity contribution in [2.75, 3.05) is 0 Å². The van der Waals surface area contributed by atoms with E-state index in [0.29, 0.717) is 5.71 Å². The van der Waals surface area contributed by atoms with E-state index in [4.69, 9.17) is 14.4 Å². The van der Waals surface area contributed by atoms with Crippen LogP contribution in [0.25, 0.3) is 114 Å². The van der Waals surface area contributed by atoms with Gasteiger partial charge in [0.15, 0.2) is 5.82 Å². The fourth-order valence-corrected chi connectivity index (χ4v) is 9.69. The molecule has 0 saturated heterocycles. The zero-order chi connectivity index (χ0) is 34.6. The van der Waals surface area contributed by atoms with Gasteiger partial charge in [0.05, 0.1) is 15.7 Å². The number of aromatic nitrogens is 3. The molecule has 0 bridgehead atoms. The fraction of sp³-hybridized carbons (Fsp3) is 0. The quantitative estimate of drug-likeness (QED) is 0.185. The Morgan fingerprint density at radius 1 is 0.491 bits per heavy atom. The van der Waals surface area contributed by atoms with Gasteiger partial charge in [-0.15, -0.1) is 11.3 Å². The third-order valence-corrected chi connectivity index (χ3v) is 11.9. The fourth-order valence-electron chi connectivity index (χ4n) is 8.40. The van der Waals surface area contributed by atoms with Gasteiger partial charge in [0.1, 0.15) is 16.8 Å². The van der Waals surface area contributed by atoms with Gasteiger partial charge in [0.25, 0.3) is 0 Å². The van der Waals surface area contributed by atoms with E-state index in [1.165, 1.54) is 58.1 Å². The predicted molar refractivity (Wildman–Crippen MR) is 222 cm³/mol. The van der Waals surface area contributed by atoms with E-state index in [9.17, 15) is 0 Å². The summed E-state index contributed by atoms with van der Waals surface area (Å²) < 4.78 is 11.3. The summed E-state index contributed by atoms with van der Waals surface area (Å²) in [6, 6.07) is 58.3. The van der Waals surface area contributed by atoms with E-state index in [1.54, 1.807) is 0 Å². The summed E-state index contributed by atoms with van der Waals surface area (Å²) in [5, 5.41) is 10.9. The number of rotatable bonds is 3. The molecule has 0 aliphatic heterocycles. The molecule has 0 atom stereocenters. The number of fused-ring (bicyclic) bond motifs is 14. The van der Waals surface area contributed by atoms with Crippen LogP contribution < -0.4 is 0 Å². The second-order valence-corrected chi connectivity index (χ2v) is 14.8. The summed E-state index contributed by atoms with van der Waals surface area (Å²) in [6.07, 6.45) is 0. The Kier molecular flexibility index (Phi) is 5.90. The minimum absolute atomic E-state index is 0.530. The number of thiophene rings is 1. The lowest BCUT2D eigenvalue weighted by Gasteiger charge is -2.14. The molecule has 0 spiro atoms. The Bertz CT molecular complexity index is 3450. The zero-order valence-corrected chi connectivity index (χ0v) is 29.1. The van der Waals surface area contributed by atoms with E-state index < -0.39 is 0 Å². The van der Waals surface area contributed by atoms with Gasteiger partial charge in [-0.05, 0) is 63.0 Å². The molecule has 8 aromatic carbocycles. The number of nitrogens with zero attached hydrogens (tertiary/aromatic N) is 3. The molecule has 0 unspecified atom stereocenters. The molecule has 5 heteroatoms. The smallest absolute Gasteiger partial charge is 0.247 e. The van der Waals surface area contributed by atoms with E-state index in [2.05, 4.69) is 144 Å². The summed E-state index contributed by atoms with van der Waals surface area (Å²) in [5.74, 6) is 0.780. The van der Waals surface area contributed by atoms with Gasteiger partial charge in [-0.3, -0.25) is 4.57 Å². The molecule has 0 aliphatic rings. The first-order valence-corrected chi connectivity index (χ1v) is 18.6. The highest BCUT2D eigenvalue weighted by molar-refractivity contribution is 7.27. The second-order valence-electron chi connectivity index (χ2n) is 13.7. The molecule has 0 aliphatic carbocycles. The molecule has 0 amide bonds. The van der Waals surface area contributed by atoms with E-state index in [1.807, 2.05) is 35.6 Å². The van der Waals surface area contributed by atoms with Gasteiger partial charge in [-0.1, -0.05) is 133 Å². The standard InChI is InChI=1S/C48H27N3OS/c1-2-12-28(13-3-1)29-22-24-30(25-23-29)43-47(49-44-36-19-9-11-21-39(36)52-48(44)50-43)51-38-20-10-8-18-35(38)41-33-16-6-7-17-34(33)42-37-26-31-14-4-5-15-32(31)27-40(37)53-46(42)45(41)51/h1-27H. The van der Waals surface area contributed by atoms with Crippen molar-refractivity contribution in [2.45, 2.75) is 0 Å². The molecule has 4 aromatic heterocycles. The molecular weight excluding hydrogens is 667 g/mol.